The number of nitrogens with zero attached hydrogens (tertiary/aromatic N) is 1. The van der Waals surface area contributed by atoms with Gasteiger partial charge >= 0.3 is 5.97 Å². The normalized spacial score (nSPS) is 26.0. The van der Waals surface area contributed by atoms with Gasteiger partial charge in [-0.2, -0.15) is 0 Å². The minimum Gasteiger partial charge on any atom is -0.467 e. The van der Waals surface area contributed by atoms with Crippen molar-refractivity contribution in [3.63, 3.8) is 0 Å². The number of thiazole rings is 1. The number of rotatable bonds is 5. The van der Waals surface area contributed by atoms with Crippen LogP contribution in [0.4, 0.5) is 0 Å². The summed E-state index contributed by atoms with van der Waals surface area (Å²) in [7, 11) is 1.15. The lowest BCUT2D eigenvalue weighted by Crippen LogP contribution is -2.56. The number of methoxy groups -OCH3 is 1. The number of halogens is 1. The monoisotopic (exact) mass is 465 g/mol. The molecule has 3 N–H and O–H groups in total. The molecule has 5 atom stereocenters. The van der Waals surface area contributed by atoms with Crippen LogP contribution in [0, 0.1) is 0 Å². The Labute approximate surface area is 186 Å². The maximum Gasteiger partial charge on any atom is 0.337 e. The van der Waals surface area contributed by atoms with Gasteiger partial charge in [-0.15, -0.1) is 11.3 Å². The SMILES string of the molecule is COC(=O)[C@H]1O[C@@H](c2ccc(Cl)c(Cc3ncc(-c4ccco4)s3)c2)[C@H](O)[C@@H](O)[C@@H]1O. The van der Waals surface area contributed by atoms with E-state index in [1.165, 1.54) is 11.3 Å². The number of benzene rings is 1. The molecule has 31 heavy (non-hydrogen) atoms. The standard InChI is InChI=1S/C21H20ClNO7S/c1-28-21(27)20-18(26)16(24)17(25)19(30-20)10-4-5-12(22)11(7-10)8-15-23-9-14(31-15)13-3-2-6-29-13/h2-7,9,16-20,24-26H,8H2,1H3/t16-,17-,18+,19+,20+/m1/s1. The number of carbonyl (C=O) groups excluding carboxylic acids is 1. The lowest BCUT2D eigenvalue weighted by atomic mass is 9.90. The average Bonchev–Trinajstić information content (AvgIpc) is 3.45. The Kier molecular flexibility index (Phi) is 6.42. The van der Waals surface area contributed by atoms with Crippen molar-refractivity contribution in [2.75, 3.05) is 7.11 Å². The zero-order valence-electron chi connectivity index (χ0n) is 16.3. The van der Waals surface area contributed by atoms with E-state index in [2.05, 4.69) is 9.72 Å². The molecular formula is C21H20ClNO7S. The first-order valence-electron chi connectivity index (χ1n) is 9.43. The second kappa shape index (κ2) is 9.07. The summed E-state index contributed by atoms with van der Waals surface area (Å²) in [6.07, 6.45) is -3.39. The molecule has 0 aliphatic carbocycles. The molecule has 1 fully saturated rings. The molecule has 4 rings (SSSR count). The van der Waals surface area contributed by atoms with Crippen LogP contribution in [-0.4, -0.2) is 57.8 Å². The Bertz CT molecular complexity index is 1050. The van der Waals surface area contributed by atoms with Gasteiger partial charge in [0.15, 0.2) is 6.10 Å². The largest absolute Gasteiger partial charge is 0.467 e. The summed E-state index contributed by atoms with van der Waals surface area (Å²) in [6.45, 7) is 0. The highest BCUT2D eigenvalue weighted by Gasteiger charge is 2.47. The summed E-state index contributed by atoms with van der Waals surface area (Å²) in [6, 6.07) is 8.66. The Morgan fingerprint density at radius 1 is 1.23 bits per heavy atom. The van der Waals surface area contributed by atoms with E-state index in [-0.39, 0.29) is 0 Å². The number of ether oxygens (including phenoxy) is 2. The van der Waals surface area contributed by atoms with E-state index in [9.17, 15) is 20.1 Å². The molecule has 3 heterocycles. The fourth-order valence-corrected chi connectivity index (χ4v) is 4.55. The number of hydrogen-bond donors (Lipinski definition) is 3. The van der Waals surface area contributed by atoms with Crippen LogP contribution in [0.2, 0.25) is 5.02 Å². The highest BCUT2D eigenvalue weighted by atomic mass is 35.5. The quantitative estimate of drug-likeness (QED) is 0.491. The third-order valence-corrected chi connectivity index (χ3v) is 6.49. The molecule has 164 valence electrons. The van der Waals surface area contributed by atoms with Crippen LogP contribution in [0.5, 0.6) is 0 Å². The van der Waals surface area contributed by atoms with Crippen LogP contribution in [-0.2, 0) is 20.7 Å². The van der Waals surface area contributed by atoms with Gasteiger partial charge in [0.2, 0.25) is 0 Å². The van der Waals surface area contributed by atoms with Crippen molar-refractivity contribution in [2.24, 2.45) is 0 Å². The molecule has 3 aromatic rings. The molecule has 0 radical (unpaired) electrons. The lowest BCUT2D eigenvalue weighted by Gasteiger charge is -2.39. The van der Waals surface area contributed by atoms with E-state index < -0.39 is 36.5 Å². The van der Waals surface area contributed by atoms with Gasteiger partial charge in [-0.3, -0.25) is 0 Å². The van der Waals surface area contributed by atoms with E-state index in [0.29, 0.717) is 17.0 Å². The van der Waals surface area contributed by atoms with E-state index in [0.717, 1.165) is 28.3 Å². The van der Waals surface area contributed by atoms with Gasteiger partial charge < -0.3 is 29.2 Å². The van der Waals surface area contributed by atoms with Crippen LogP contribution in [0.15, 0.2) is 47.2 Å². The van der Waals surface area contributed by atoms with Gasteiger partial charge in [-0.25, -0.2) is 9.78 Å². The first-order valence-corrected chi connectivity index (χ1v) is 10.6. The van der Waals surface area contributed by atoms with Crippen LogP contribution < -0.4 is 0 Å². The van der Waals surface area contributed by atoms with Gasteiger partial charge in [0.05, 0.1) is 23.3 Å². The van der Waals surface area contributed by atoms with E-state index in [4.69, 9.17) is 20.8 Å². The summed E-state index contributed by atoms with van der Waals surface area (Å²) in [5.41, 5.74) is 1.22. The Morgan fingerprint density at radius 3 is 2.74 bits per heavy atom. The molecule has 8 nitrogen and oxygen atoms in total. The highest BCUT2D eigenvalue weighted by molar-refractivity contribution is 7.15. The number of carbonyl (C=O) groups is 1. The van der Waals surface area contributed by atoms with Crippen molar-refractivity contribution in [3.8, 4) is 10.6 Å². The molecule has 1 aliphatic heterocycles. The van der Waals surface area contributed by atoms with Crippen molar-refractivity contribution >= 4 is 28.9 Å². The van der Waals surface area contributed by atoms with E-state index in [1.807, 2.05) is 6.07 Å². The Hall–Kier alpha value is -2.27. The van der Waals surface area contributed by atoms with E-state index in [1.54, 1.807) is 36.7 Å². The van der Waals surface area contributed by atoms with Crippen molar-refractivity contribution in [1.29, 1.82) is 0 Å². The zero-order valence-corrected chi connectivity index (χ0v) is 17.9. The third-order valence-electron chi connectivity index (χ3n) is 5.10. The third kappa shape index (κ3) is 4.38. The maximum absolute atomic E-state index is 11.9. The number of aliphatic hydroxyl groups is 3. The predicted octanol–water partition coefficient (Wildman–Crippen LogP) is 2.34. The molecular weight excluding hydrogens is 446 g/mol. The highest BCUT2D eigenvalue weighted by Crippen LogP contribution is 2.35. The maximum atomic E-state index is 11.9. The van der Waals surface area contributed by atoms with E-state index >= 15 is 0 Å². The van der Waals surface area contributed by atoms with Gasteiger partial charge in [0.1, 0.15) is 30.2 Å². The molecule has 1 aromatic carbocycles. The van der Waals surface area contributed by atoms with Gasteiger partial charge in [-0.05, 0) is 29.3 Å². The summed E-state index contributed by atoms with van der Waals surface area (Å²) in [5.74, 6) is -0.116. The van der Waals surface area contributed by atoms with Gasteiger partial charge in [-0.1, -0.05) is 23.7 Å². The summed E-state index contributed by atoms with van der Waals surface area (Å²) in [4.78, 5) is 17.2. The first kappa shape index (κ1) is 21.9. The molecule has 1 saturated heterocycles. The zero-order chi connectivity index (χ0) is 22.1. The Balaban J connectivity index is 1.59. The summed E-state index contributed by atoms with van der Waals surface area (Å²) < 4.78 is 15.6. The van der Waals surface area contributed by atoms with Crippen molar-refractivity contribution < 1.29 is 34.0 Å². The average molecular weight is 466 g/mol. The van der Waals surface area contributed by atoms with Crippen molar-refractivity contribution in [1.82, 2.24) is 4.98 Å². The molecule has 0 bridgehead atoms. The second-order valence-electron chi connectivity index (χ2n) is 7.10. The number of esters is 1. The number of aromatic nitrogens is 1. The van der Waals surface area contributed by atoms with Gasteiger partial charge in [0, 0.05) is 17.6 Å². The molecule has 10 heteroatoms. The molecule has 0 spiro atoms. The lowest BCUT2D eigenvalue weighted by molar-refractivity contribution is -0.231. The molecule has 0 unspecified atom stereocenters. The predicted molar refractivity (Wildman–Crippen MR) is 112 cm³/mol. The first-order chi connectivity index (χ1) is 14.9. The molecule has 0 saturated carbocycles. The fourth-order valence-electron chi connectivity index (χ4n) is 3.46. The van der Waals surface area contributed by atoms with Crippen LogP contribution in [0.3, 0.4) is 0 Å². The fraction of sp³-hybridized carbons (Fsp3) is 0.333. The number of hydrogen-bond acceptors (Lipinski definition) is 9. The summed E-state index contributed by atoms with van der Waals surface area (Å²) >= 11 is 7.84. The summed E-state index contributed by atoms with van der Waals surface area (Å²) in [5, 5.41) is 32.0. The minimum atomic E-state index is -1.61. The molecule has 2 aromatic heterocycles. The van der Waals surface area contributed by atoms with Crippen LogP contribution in [0.1, 0.15) is 22.2 Å². The second-order valence-corrected chi connectivity index (χ2v) is 8.62. The Morgan fingerprint density at radius 2 is 2.03 bits per heavy atom. The molecule has 0 amide bonds. The molecule has 1 aliphatic rings. The number of furan rings is 1. The van der Waals surface area contributed by atoms with Crippen LogP contribution >= 0.6 is 22.9 Å². The van der Waals surface area contributed by atoms with Crippen molar-refractivity contribution in [3.05, 3.63) is 63.9 Å². The minimum absolute atomic E-state index is 0.423. The smallest absolute Gasteiger partial charge is 0.337 e. The van der Waals surface area contributed by atoms with Crippen LogP contribution in [0.25, 0.3) is 10.6 Å². The van der Waals surface area contributed by atoms with Gasteiger partial charge in [0.25, 0.3) is 0 Å². The van der Waals surface area contributed by atoms with Crippen molar-refractivity contribution in [2.45, 2.75) is 36.9 Å². The number of aliphatic hydroxyl groups excluding tert-OH is 3. The topological polar surface area (TPSA) is 122 Å².